The Balaban J connectivity index is 2.45. The van der Waals surface area contributed by atoms with E-state index in [4.69, 9.17) is 4.55 Å². The molecule has 14 heavy (non-hydrogen) atoms. The fourth-order valence-corrected chi connectivity index (χ4v) is 1.29. The van der Waals surface area contributed by atoms with Crippen LogP contribution in [0.25, 0.3) is 0 Å². The van der Waals surface area contributed by atoms with Crippen molar-refractivity contribution < 1.29 is 32.0 Å². The first-order valence-electron chi connectivity index (χ1n) is 3.70. The summed E-state index contributed by atoms with van der Waals surface area (Å²) >= 11 is 0. The Morgan fingerprint density at radius 1 is 1.64 bits per heavy atom. The minimum atomic E-state index is -4.41. The molecule has 1 rings (SSSR count). The molecule has 0 spiro atoms. The SMILES string of the molecule is O=C(CS(=O)(=O)O)OC1CCOC1=O. The minimum Gasteiger partial charge on any atom is -0.463 e. The molecule has 0 aromatic heterocycles. The predicted octanol–water partition coefficient (Wildman–Crippen LogP) is -1.27. The molecule has 0 aromatic rings. The summed E-state index contributed by atoms with van der Waals surface area (Å²) in [5, 5.41) is 0. The van der Waals surface area contributed by atoms with Gasteiger partial charge in [0.05, 0.1) is 6.61 Å². The van der Waals surface area contributed by atoms with Crippen molar-refractivity contribution in [2.75, 3.05) is 12.4 Å². The molecule has 7 nitrogen and oxygen atoms in total. The van der Waals surface area contributed by atoms with Gasteiger partial charge in [-0.25, -0.2) is 4.79 Å². The van der Waals surface area contributed by atoms with Crippen molar-refractivity contribution in [3.63, 3.8) is 0 Å². The van der Waals surface area contributed by atoms with Crippen LogP contribution in [0.1, 0.15) is 6.42 Å². The van der Waals surface area contributed by atoms with Crippen LogP contribution in [0.15, 0.2) is 0 Å². The smallest absolute Gasteiger partial charge is 0.347 e. The number of carbonyl (C=O) groups is 2. The van der Waals surface area contributed by atoms with E-state index in [2.05, 4.69) is 9.47 Å². The van der Waals surface area contributed by atoms with E-state index < -0.39 is 33.9 Å². The summed E-state index contributed by atoms with van der Waals surface area (Å²) in [4.78, 5) is 21.6. The van der Waals surface area contributed by atoms with Gasteiger partial charge in [0.25, 0.3) is 10.1 Å². The fourth-order valence-electron chi connectivity index (χ4n) is 0.926. The lowest BCUT2D eigenvalue weighted by Crippen LogP contribution is -2.26. The Morgan fingerprint density at radius 2 is 2.29 bits per heavy atom. The summed E-state index contributed by atoms with van der Waals surface area (Å²) in [6.07, 6.45) is -0.847. The van der Waals surface area contributed by atoms with Gasteiger partial charge in [-0.1, -0.05) is 0 Å². The summed E-state index contributed by atoms with van der Waals surface area (Å²) in [6.45, 7) is 0.142. The van der Waals surface area contributed by atoms with Crippen molar-refractivity contribution in [1.82, 2.24) is 0 Å². The van der Waals surface area contributed by atoms with Gasteiger partial charge in [-0.2, -0.15) is 8.42 Å². The average Bonchev–Trinajstić information content (AvgIpc) is 2.32. The van der Waals surface area contributed by atoms with Crippen LogP contribution in [0.2, 0.25) is 0 Å². The molecule has 1 saturated heterocycles. The zero-order chi connectivity index (χ0) is 10.8. The topological polar surface area (TPSA) is 107 Å². The van der Waals surface area contributed by atoms with Crippen molar-refractivity contribution in [3.05, 3.63) is 0 Å². The molecular formula is C6H8O7S. The largest absolute Gasteiger partial charge is 0.463 e. The molecule has 1 aliphatic heterocycles. The van der Waals surface area contributed by atoms with Crippen LogP contribution in [0.3, 0.4) is 0 Å². The second kappa shape index (κ2) is 3.93. The van der Waals surface area contributed by atoms with E-state index >= 15 is 0 Å². The van der Waals surface area contributed by atoms with Gasteiger partial charge in [-0.15, -0.1) is 0 Å². The highest BCUT2D eigenvalue weighted by Crippen LogP contribution is 2.10. The van der Waals surface area contributed by atoms with Crippen LogP contribution in [0, 0.1) is 0 Å². The summed E-state index contributed by atoms with van der Waals surface area (Å²) in [6, 6.07) is 0. The second-order valence-corrected chi connectivity index (χ2v) is 4.11. The standard InChI is InChI=1S/C6H8O7S/c7-5(3-14(9,10)11)13-4-1-2-12-6(4)8/h4H,1-3H2,(H,9,10,11). The first-order valence-corrected chi connectivity index (χ1v) is 5.31. The summed E-state index contributed by atoms with van der Waals surface area (Å²) in [5.74, 6) is -3.03. The van der Waals surface area contributed by atoms with Crippen LogP contribution >= 0.6 is 0 Å². The van der Waals surface area contributed by atoms with Crippen LogP contribution in [0.5, 0.6) is 0 Å². The molecule has 0 aromatic carbocycles. The molecule has 0 aliphatic carbocycles. The van der Waals surface area contributed by atoms with Crippen molar-refractivity contribution in [3.8, 4) is 0 Å². The second-order valence-electron chi connectivity index (χ2n) is 2.66. The van der Waals surface area contributed by atoms with Gasteiger partial charge in [-0.3, -0.25) is 9.35 Å². The zero-order valence-electron chi connectivity index (χ0n) is 7.00. The predicted molar refractivity (Wildman–Crippen MR) is 41.9 cm³/mol. The maximum atomic E-state index is 10.8. The summed E-state index contributed by atoms with van der Waals surface area (Å²) in [5.41, 5.74) is 0. The van der Waals surface area contributed by atoms with Crippen molar-refractivity contribution in [2.24, 2.45) is 0 Å². The Hall–Kier alpha value is -1.15. The average molecular weight is 224 g/mol. The Labute approximate surface area is 79.7 Å². The molecule has 8 heteroatoms. The molecule has 1 N–H and O–H groups in total. The lowest BCUT2D eigenvalue weighted by Gasteiger charge is -2.06. The Bertz CT molecular complexity index is 343. The molecule has 0 bridgehead atoms. The van der Waals surface area contributed by atoms with Crippen molar-refractivity contribution in [2.45, 2.75) is 12.5 Å². The molecule has 1 fully saturated rings. The van der Waals surface area contributed by atoms with Crippen molar-refractivity contribution in [1.29, 1.82) is 0 Å². The van der Waals surface area contributed by atoms with Gasteiger partial charge in [0, 0.05) is 6.42 Å². The molecule has 1 atom stereocenters. The number of ether oxygens (including phenoxy) is 2. The molecule has 1 unspecified atom stereocenters. The van der Waals surface area contributed by atoms with E-state index in [1.54, 1.807) is 0 Å². The minimum absolute atomic E-state index is 0.142. The maximum absolute atomic E-state index is 10.8. The number of cyclic esters (lactones) is 1. The number of hydrogen-bond acceptors (Lipinski definition) is 6. The van der Waals surface area contributed by atoms with Crippen molar-refractivity contribution >= 4 is 22.1 Å². The third kappa shape index (κ3) is 3.30. The molecule has 0 radical (unpaired) electrons. The van der Waals surface area contributed by atoms with Crippen LogP contribution in [0.4, 0.5) is 0 Å². The van der Waals surface area contributed by atoms with Gasteiger partial charge in [0.15, 0.2) is 5.75 Å². The summed E-state index contributed by atoms with van der Waals surface area (Å²) < 4.78 is 37.7. The van der Waals surface area contributed by atoms with Gasteiger partial charge in [0.2, 0.25) is 6.10 Å². The van der Waals surface area contributed by atoms with E-state index in [0.29, 0.717) is 0 Å². The van der Waals surface area contributed by atoms with Gasteiger partial charge >= 0.3 is 11.9 Å². The lowest BCUT2D eigenvalue weighted by atomic mass is 10.3. The van der Waals surface area contributed by atoms with Gasteiger partial charge in [0.1, 0.15) is 0 Å². The molecule has 0 saturated carbocycles. The quantitative estimate of drug-likeness (QED) is 0.470. The lowest BCUT2D eigenvalue weighted by molar-refractivity contribution is -0.158. The monoisotopic (exact) mass is 224 g/mol. The fraction of sp³-hybridized carbons (Fsp3) is 0.667. The van der Waals surface area contributed by atoms with E-state index in [1.807, 2.05) is 0 Å². The highest BCUT2D eigenvalue weighted by atomic mass is 32.2. The van der Waals surface area contributed by atoms with Gasteiger partial charge in [-0.05, 0) is 0 Å². The molecular weight excluding hydrogens is 216 g/mol. The zero-order valence-corrected chi connectivity index (χ0v) is 7.82. The molecule has 1 aliphatic rings. The third-order valence-electron chi connectivity index (χ3n) is 1.46. The van der Waals surface area contributed by atoms with E-state index in [9.17, 15) is 18.0 Å². The van der Waals surface area contributed by atoms with E-state index in [1.165, 1.54) is 0 Å². The third-order valence-corrected chi connectivity index (χ3v) is 2.06. The van der Waals surface area contributed by atoms with Crippen LogP contribution in [-0.4, -0.2) is 43.4 Å². The first-order chi connectivity index (χ1) is 6.38. The normalized spacial score (nSPS) is 21.8. The number of hydrogen-bond donors (Lipinski definition) is 1. The van der Waals surface area contributed by atoms with Crippen LogP contribution in [-0.2, 0) is 29.2 Å². The highest BCUT2D eigenvalue weighted by molar-refractivity contribution is 7.86. The molecule has 0 amide bonds. The van der Waals surface area contributed by atoms with Gasteiger partial charge < -0.3 is 9.47 Å². The molecule has 1 heterocycles. The number of rotatable bonds is 3. The van der Waals surface area contributed by atoms with E-state index in [-0.39, 0.29) is 13.0 Å². The van der Waals surface area contributed by atoms with E-state index in [0.717, 1.165) is 0 Å². The number of esters is 2. The molecule has 80 valence electrons. The summed E-state index contributed by atoms with van der Waals surface area (Å²) in [7, 11) is -4.41. The highest BCUT2D eigenvalue weighted by Gasteiger charge is 2.31. The van der Waals surface area contributed by atoms with Crippen LogP contribution < -0.4 is 0 Å². The maximum Gasteiger partial charge on any atom is 0.347 e. The first kappa shape index (κ1) is 10.9. The number of carbonyl (C=O) groups excluding carboxylic acids is 2. The Kier molecular flexibility index (Phi) is 3.06. The Morgan fingerprint density at radius 3 is 2.71 bits per heavy atom.